The third kappa shape index (κ3) is 2.52. The van der Waals surface area contributed by atoms with Gasteiger partial charge in [-0.05, 0) is 25.7 Å². The molecule has 1 fully saturated rings. The van der Waals surface area contributed by atoms with Crippen molar-refractivity contribution >= 4 is 11.9 Å². The lowest BCUT2D eigenvalue weighted by atomic mass is 9.85. The van der Waals surface area contributed by atoms with Gasteiger partial charge >= 0.3 is 11.9 Å². The molecule has 4 nitrogen and oxygen atoms in total. The highest BCUT2D eigenvalue weighted by Gasteiger charge is 2.39. The molecule has 1 saturated carbocycles. The van der Waals surface area contributed by atoms with E-state index in [-0.39, 0.29) is 0 Å². The van der Waals surface area contributed by atoms with Crippen LogP contribution in [0.2, 0.25) is 0 Å². The zero-order valence-corrected chi connectivity index (χ0v) is 7.71. The van der Waals surface area contributed by atoms with E-state index < -0.39 is 17.5 Å². The summed E-state index contributed by atoms with van der Waals surface area (Å²) in [6.45, 7) is 1.16. The first kappa shape index (κ1) is 10.2. The minimum absolute atomic E-state index is 0.402. The Morgan fingerprint density at radius 1 is 1.23 bits per heavy atom. The first-order valence-corrected chi connectivity index (χ1v) is 4.50. The molecule has 0 aromatic heterocycles. The van der Waals surface area contributed by atoms with Crippen molar-refractivity contribution in [2.24, 2.45) is 0 Å². The van der Waals surface area contributed by atoms with Crippen molar-refractivity contribution in [1.82, 2.24) is 0 Å². The lowest BCUT2D eigenvalue weighted by Crippen LogP contribution is -2.42. The summed E-state index contributed by atoms with van der Waals surface area (Å²) in [5.74, 6) is -1.45. The molecule has 74 valence electrons. The standard InChI is InChI=1S/C9H14O4/c1-7(10)13-8(11)9(12)5-3-2-4-6-9/h12H,2-6H2,1H3. The van der Waals surface area contributed by atoms with Crippen LogP contribution in [0, 0.1) is 0 Å². The van der Waals surface area contributed by atoms with Crippen LogP contribution in [-0.4, -0.2) is 22.6 Å². The summed E-state index contributed by atoms with van der Waals surface area (Å²) in [4.78, 5) is 21.7. The molecule has 0 aromatic carbocycles. The van der Waals surface area contributed by atoms with E-state index in [0.717, 1.165) is 26.2 Å². The van der Waals surface area contributed by atoms with Crippen LogP contribution in [0.1, 0.15) is 39.0 Å². The molecule has 0 heterocycles. The van der Waals surface area contributed by atoms with Crippen molar-refractivity contribution in [2.45, 2.75) is 44.6 Å². The van der Waals surface area contributed by atoms with Crippen molar-refractivity contribution in [1.29, 1.82) is 0 Å². The average molecular weight is 186 g/mol. The molecule has 0 saturated heterocycles. The Balaban J connectivity index is 2.56. The number of ether oxygens (including phenoxy) is 1. The SMILES string of the molecule is CC(=O)OC(=O)C1(O)CCCCC1. The van der Waals surface area contributed by atoms with Crippen LogP contribution in [-0.2, 0) is 14.3 Å². The van der Waals surface area contributed by atoms with E-state index in [4.69, 9.17) is 0 Å². The largest absolute Gasteiger partial charge is 0.391 e. The molecule has 1 aliphatic rings. The minimum atomic E-state index is -1.41. The molecular formula is C9H14O4. The summed E-state index contributed by atoms with van der Waals surface area (Å²) in [5.41, 5.74) is -1.41. The smallest absolute Gasteiger partial charge is 0.345 e. The van der Waals surface area contributed by atoms with Gasteiger partial charge in [-0.25, -0.2) is 4.79 Å². The molecule has 0 atom stereocenters. The minimum Gasteiger partial charge on any atom is -0.391 e. The van der Waals surface area contributed by atoms with Crippen molar-refractivity contribution < 1.29 is 19.4 Å². The van der Waals surface area contributed by atoms with Crippen molar-refractivity contribution in [3.05, 3.63) is 0 Å². The number of rotatable bonds is 1. The summed E-state index contributed by atoms with van der Waals surface area (Å²) in [5, 5.41) is 9.76. The number of hydrogen-bond donors (Lipinski definition) is 1. The second-order valence-corrected chi connectivity index (χ2v) is 3.47. The van der Waals surface area contributed by atoms with Gasteiger partial charge < -0.3 is 9.84 Å². The molecule has 0 spiro atoms. The topological polar surface area (TPSA) is 63.6 Å². The van der Waals surface area contributed by atoms with Crippen LogP contribution in [0.15, 0.2) is 0 Å². The van der Waals surface area contributed by atoms with E-state index in [2.05, 4.69) is 4.74 Å². The quantitative estimate of drug-likeness (QED) is 0.485. The molecule has 1 rings (SSSR count). The van der Waals surface area contributed by atoms with Gasteiger partial charge in [0.15, 0.2) is 5.60 Å². The zero-order chi connectivity index (χ0) is 9.90. The highest BCUT2D eigenvalue weighted by molar-refractivity contribution is 5.89. The van der Waals surface area contributed by atoms with E-state index in [0.29, 0.717) is 12.8 Å². The van der Waals surface area contributed by atoms with E-state index in [9.17, 15) is 14.7 Å². The second kappa shape index (κ2) is 3.87. The number of carbonyl (C=O) groups is 2. The van der Waals surface area contributed by atoms with Gasteiger partial charge in [-0.1, -0.05) is 6.42 Å². The van der Waals surface area contributed by atoms with Crippen molar-refractivity contribution in [2.75, 3.05) is 0 Å². The molecule has 0 aliphatic heterocycles. The Hall–Kier alpha value is -0.900. The maximum Gasteiger partial charge on any atom is 0.345 e. The Bertz CT molecular complexity index is 216. The number of esters is 2. The summed E-state index contributed by atoms with van der Waals surface area (Å²) in [7, 11) is 0. The molecule has 0 aromatic rings. The second-order valence-electron chi connectivity index (χ2n) is 3.47. The predicted molar refractivity (Wildman–Crippen MR) is 44.8 cm³/mol. The molecule has 0 bridgehead atoms. The summed E-state index contributed by atoms with van der Waals surface area (Å²) in [6, 6.07) is 0. The third-order valence-corrected chi connectivity index (χ3v) is 2.30. The fourth-order valence-electron chi connectivity index (χ4n) is 1.57. The molecule has 0 radical (unpaired) electrons. The predicted octanol–water partition coefficient (Wildman–Crippen LogP) is 0.771. The molecule has 4 heteroatoms. The highest BCUT2D eigenvalue weighted by Crippen LogP contribution is 2.28. The molecular weight excluding hydrogens is 172 g/mol. The van der Waals surface area contributed by atoms with Crippen LogP contribution in [0.5, 0.6) is 0 Å². The van der Waals surface area contributed by atoms with E-state index >= 15 is 0 Å². The Labute approximate surface area is 76.9 Å². The van der Waals surface area contributed by atoms with Gasteiger partial charge in [-0.15, -0.1) is 0 Å². The molecule has 1 aliphatic carbocycles. The normalized spacial score (nSPS) is 20.8. The van der Waals surface area contributed by atoms with Crippen LogP contribution >= 0.6 is 0 Å². The van der Waals surface area contributed by atoms with Crippen molar-refractivity contribution in [3.8, 4) is 0 Å². The van der Waals surface area contributed by atoms with Crippen LogP contribution in [0.4, 0.5) is 0 Å². The van der Waals surface area contributed by atoms with Crippen LogP contribution in [0.3, 0.4) is 0 Å². The van der Waals surface area contributed by atoms with Crippen LogP contribution < -0.4 is 0 Å². The first-order chi connectivity index (χ1) is 6.04. The molecule has 0 amide bonds. The fraction of sp³-hybridized carbons (Fsp3) is 0.778. The maximum atomic E-state index is 11.2. The fourth-order valence-corrected chi connectivity index (χ4v) is 1.57. The molecule has 0 unspecified atom stereocenters. The lowest BCUT2D eigenvalue weighted by Gasteiger charge is -2.28. The van der Waals surface area contributed by atoms with Crippen LogP contribution in [0.25, 0.3) is 0 Å². The van der Waals surface area contributed by atoms with Gasteiger partial charge in [0.1, 0.15) is 0 Å². The number of aliphatic hydroxyl groups is 1. The van der Waals surface area contributed by atoms with Gasteiger partial charge in [-0.2, -0.15) is 0 Å². The Morgan fingerprint density at radius 2 is 1.77 bits per heavy atom. The van der Waals surface area contributed by atoms with E-state index in [1.165, 1.54) is 0 Å². The maximum absolute atomic E-state index is 11.2. The number of carbonyl (C=O) groups excluding carboxylic acids is 2. The third-order valence-electron chi connectivity index (χ3n) is 2.30. The van der Waals surface area contributed by atoms with Gasteiger partial charge in [0.25, 0.3) is 0 Å². The first-order valence-electron chi connectivity index (χ1n) is 4.50. The average Bonchev–Trinajstić information content (AvgIpc) is 2.04. The highest BCUT2D eigenvalue weighted by atomic mass is 16.6. The van der Waals surface area contributed by atoms with Crippen molar-refractivity contribution in [3.63, 3.8) is 0 Å². The van der Waals surface area contributed by atoms with Gasteiger partial charge in [0.2, 0.25) is 0 Å². The molecule has 1 N–H and O–H groups in total. The van der Waals surface area contributed by atoms with E-state index in [1.54, 1.807) is 0 Å². The summed E-state index contributed by atoms with van der Waals surface area (Å²) < 4.78 is 4.36. The van der Waals surface area contributed by atoms with Gasteiger partial charge in [-0.3, -0.25) is 4.79 Å². The lowest BCUT2D eigenvalue weighted by molar-refractivity contribution is -0.175. The zero-order valence-electron chi connectivity index (χ0n) is 7.71. The summed E-state index contributed by atoms with van der Waals surface area (Å²) >= 11 is 0. The van der Waals surface area contributed by atoms with Gasteiger partial charge in [0, 0.05) is 6.92 Å². The monoisotopic (exact) mass is 186 g/mol. The van der Waals surface area contributed by atoms with E-state index in [1.807, 2.05) is 0 Å². The Kier molecular flexibility index (Phi) is 3.03. The Morgan fingerprint density at radius 3 is 2.23 bits per heavy atom. The molecule has 13 heavy (non-hydrogen) atoms. The number of hydrogen-bond acceptors (Lipinski definition) is 4. The van der Waals surface area contributed by atoms with Gasteiger partial charge in [0.05, 0.1) is 0 Å². The summed E-state index contributed by atoms with van der Waals surface area (Å²) in [6.07, 6.45) is 3.45.